The predicted molar refractivity (Wildman–Crippen MR) is 68.6 cm³/mol. The summed E-state index contributed by atoms with van der Waals surface area (Å²) in [5.41, 5.74) is 2.14. The average Bonchev–Trinajstić information content (AvgIpc) is 2.84. The summed E-state index contributed by atoms with van der Waals surface area (Å²) >= 11 is 0. The van der Waals surface area contributed by atoms with Crippen LogP contribution in [0.4, 0.5) is 5.69 Å². The first-order valence-corrected chi connectivity index (χ1v) is 5.78. The summed E-state index contributed by atoms with van der Waals surface area (Å²) in [6, 6.07) is 8.71. The molecule has 5 nitrogen and oxygen atoms in total. The molecule has 0 radical (unpaired) electrons. The molecule has 18 heavy (non-hydrogen) atoms. The van der Waals surface area contributed by atoms with Crippen molar-refractivity contribution in [1.29, 1.82) is 0 Å². The maximum Gasteiger partial charge on any atom is 0.335 e. The Morgan fingerprint density at radius 3 is 3.00 bits per heavy atom. The van der Waals surface area contributed by atoms with Gasteiger partial charge in [-0.1, -0.05) is 6.07 Å². The molecule has 2 N–H and O–H groups in total. The Bertz CT molecular complexity index is 549. The maximum absolute atomic E-state index is 10.8. The Morgan fingerprint density at radius 1 is 1.44 bits per heavy atom. The minimum atomic E-state index is -0.919. The average molecular weight is 245 g/mol. The van der Waals surface area contributed by atoms with Gasteiger partial charge in [0.05, 0.1) is 17.8 Å². The van der Waals surface area contributed by atoms with Crippen molar-refractivity contribution in [1.82, 2.24) is 9.78 Å². The van der Waals surface area contributed by atoms with E-state index >= 15 is 0 Å². The van der Waals surface area contributed by atoms with Gasteiger partial charge in [0.15, 0.2) is 0 Å². The fourth-order valence-electron chi connectivity index (χ4n) is 1.75. The molecule has 0 bridgehead atoms. The van der Waals surface area contributed by atoms with E-state index in [-0.39, 0.29) is 5.56 Å². The molecule has 5 heteroatoms. The lowest BCUT2D eigenvalue weighted by molar-refractivity contribution is 0.0697. The maximum atomic E-state index is 10.8. The highest BCUT2D eigenvalue weighted by molar-refractivity contribution is 5.88. The van der Waals surface area contributed by atoms with Crippen LogP contribution in [0, 0.1) is 0 Å². The zero-order valence-corrected chi connectivity index (χ0v) is 10.1. The van der Waals surface area contributed by atoms with Gasteiger partial charge in [-0.3, -0.25) is 4.68 Å². The van der Waals surface area contributed by atoms with Gasteiger partial charge in [-0.15, -0.1) is 0 Å². The number of nitrogens with zero attached hydrogens (tertiary/aromatic N) is 2. The SMILES string of the molecule is CCn1nccc1CNc1cccc(C(=O)O)c1. The molecule has 0 saturated carbocycles. The second kappa shape index (κ2) is 5.35. The molecule has 0 unspecified atom stereocenters. The number of hydrogen-bond acceptors (Lipinski definition) is 3. The van der Waals surface area contributed by atoms with Crippen LogP contribution in [-0.4, -0.2) is 20.9 Å². The third-order valence-electron chi connectivity index (χ3n) is 2.69. The number of aromatic nitrogens is 2. The topological polar surface area (TPSA) is 67.2 Å². The molecular weight excluding hydrogens is 230 g/mol. The van der Waals surface area contributed by atoms with E-state index in [4.69, 9.17) is 5.11 Å². The van der Waals surface area contributed by atoms with Crippen molar-refractivity contribution in [3.05, 3.63) is 47.8 Å². The monoisotopic (exact) mass is 245 g/mol. The van der Waals surface area contributed by atoms with Crippen LogP contribution in [0.3, 0.4) is 0 Å². The van der Waals surface area contributed by atoms with E-state index in [1.165, 1.54) is 0 Å². The minimum absolute atomic E-state index is 0.281. The molecular formula is C13H15N3O2. The number of aromatic carboxylic acids is 1. The van der Waals surface area contributed by atoms with Crippen molar-refractivity contribution >= 4 is 11.7 Å². The molecule has 0 atom stereocenters. The van der Waals surface area contributed by atoms with Crippen molar-refractivity contribution in [2.45, 2.75) is 20.0 Å². The molecule has 1 aromatic carbocycles. The lowest BCUT2D eigenvalue weighted by Crippen LogP contribution is -2.08. The third-order valence-corrected chi connectivity index (χ3v) is 2.69. The van der Waals surface area contributed by atoms with Crippen LogP contribution < -0.4 is 5.32 Å². The van der Waals surface area contributed by atoms with Gasteiger partial charge in [-0.25, -0.2) is 4.79 Å². The van der Waals surface area contributed by atoms with Crippen molar-refractivity contribution in [2.24, 2.45) is 0 Å². The van der Waals surface area contributed by atoms with E-state index in [0.717, 1.165) is 17.9 Å². The lowest BCUT2D eigenvalue weighted by Gasteiger charge is -2.08. The smallest absolute Gasteiger partial charge is 0.335 e. The Labute approximate surface area is 105 Å². The predicted octanol–water partition coefficient (Wildman–Crippen LogP) is 2.21. The number of anilines is 1. The molecule has 1 heterocycles. The largest absolute Gasteiger partial charge is 0.478 e. The minimum Gasteiger partial charge on any atom is -0.478 e. The number of hydrogen-bond donors (Lipinski definition) is 2. The number of carboxylic acids is 1. The number of nitrogens with one attached hydrogen (secondary N) is 1. The molecule has 2 aromatic rings. The standard InChI is InChI=1S/C13H15N3O2/c1-2-16-12(6-7-15-16)9-14-11-5-3-4-10(8-11)13(17)18/h3-8,14H,2,9H2,1H3,(H,17,18). The zero-order chi connectivity index (χ0) is 13.0. The van der Waals surface area contributed by atoms with Gasteiger partial charge in [0.2, 0.25) is 0 Å². The Morgan fingerprint density at radius 2 is 2.28 bits per heavy atom. The van der Waals surface area contributed by atoms with Gasteiger partial charge in [-0.05, 0) is 31.2 Å². The number of carboxylic acid groups (broad SMARTS) is 1. The third kappa shape index (κ3) is 2.68. The quantitative estimate of drug-likeness (QED) is 0.847. The van der Waals surface area contributed by atoms with Crippen LogP contribution in [0.2, 0.25) is 0 Å². The van der Waals surface area contributed by atoms with E-state index in [0.29, 0.717) is 6.54 Å². The molecule has 0 aliphatic rings. The lowest BCUT2D eigenvalue weighted by atomic mass is 10.2. The van der Waals surface area contributed by atoms with Gasteiger partial charge < -0.3 is 10.4 Å². The first-order valence-electron chi connectivity index (χ1n) is 5.78. The molecule has 1 aromatic heterocycles. The van der Waals surface area contributed by atoms with Crippen molar-refractivity contribution < 1.29 is 9.90 Å². The number of carbonyl (C=O) groups is 1. The van der Waals surface area contributed by atoms with Gasteiger partial charge in [0.25, 0.3) is 0 Å². The summed E-state index contributed by atoms with van der Waals surface area (Å²) in [4.78, 5) is 10.8. The number of benzene rings is 1. The van der Waals surface area contributed by atoms with E-state index in [2.05, 4.69) is 10.4 Å². The van der Waals surface area contributed by atoms with Crippen molar-refractivity contribution in [3.8, 4) is 0 Å². The summed E-state index contributed by atoms with van der Waals surface area (Å²) in [5, 5.41) is 16.3. The van der Waals surface area contributed by atoms with Gasteiger partial charge >= 0.3 is 5.97 Å². The van der Waals surface area contributed by atoms with Crippen LogP contribution >= 0.6 is 0 Å². The molecule has 0 aliphatic heterocycles. The van der Waals surface area contributed by atoms with Gasteiger partial charge in [-0.2, -0.15) is 5.10 Å². The van der Waals surface area contributed by atoms with Crippen LogP contribution in [0.15, 0.2) is 36.5 Å². The molecule has 0 amide bonds. The van der Waals surface area contributed by atoms with Crippen LogP contribution in [0.1, 0.15) is 23.0 Å². The summed E-state index contributed by atoms with van der Waals surface area (Å²) < 4.78 is 1.90. The Hall–Kier alpha value is -2.30. The molecule has 0 spiro atoms. The van der Waals surface area contributed by atoms with Crippen LogP contribution in [0.5, 0.6) is 0 Å². The Kier molecular flexibility index (Phi) is 3.62. The van der Waals surface area contributed by atoms with Crippen LogP contribution in [-0.2, 0) is 13.1 Å². The number of rotatable bonds is 5. The first-order chi connectivity index (χ1) is 8.70. The summed E-state index contributed by atoms with van der Waals surface area (Å²) in [6.07, 6.45) is 1.76. The van der Waals surface area contributed by atoms with Gasteiger partial charge in [0.1, 0.15) is 0 Å². The summed E-state index contributed by atoms with van der Waals surface area (Å²) in [5.74, 6) is -0.919. The van der Waals surface area contributed by atoms with E-state index in [1.54, 1.807) is 24.4 Å². The van der Waals surface area contributed by atoms with Crippen molar-refractivity contribution in [3.63, 3.8) is 0 Å². The van der Waals surface area contributed by atoms with E-state index in [1.807, 2.05) is 23.7 Å². The van der Waals surface area contributed by atoms with Gasteiger partial charge in [0, 0.05) is 18.4 Å². The molecule has 0 fully saturated rings. The highest BCUT2D eigenvalue weighted by Gasteiger charge is 2.04. The highest BCUT2D eigenvalue weighted by Crippen LogP contribution is 2.12. The fourth-order valence-corrected chi connectivity index (χ4v) is 1.75. The first kappa shape index (κ1) is 12.2. The summed E-state index contributed by atoms with van der Waals surface area (Å²) in [7, 11) is 0. The molecule has 2 rings (SSSR count). The molecule has 94 valence electrons. The highest BCUT2D eigenvalue weighted by atomic mass is 16.4. The fraction of sp³-hybridized carbons (Fsp3) is 0.231. The van der Waals surface area contributed by atoms with E-state index < -0.39 is 5.97 Å². The molecule has 0 aliphatic carbocycles. The second-order valence-electron chi connectivity index (χ2n) is 3.88. The molecule has 0 saturated heterocycles. The second-order valence-corrected chi connectivity index (χ2v) is 3.88. The van der Waals surface area contributed by atoms with E-state index in [9.17, 15) is 4.79 Å². The summed E-state index contributed by atoms with van der Waals surface area (Å²) in [6.45, 7) is 3.47. The normalized spacial score (nSPS) is 10.3. The van der Waals surface area contributed by atoms with Crippen LogP contribution in [0.25, 0.3) is 0 Å². The van der Waals surface area contributed by atoms with Crippen molar-refractivity contribution in [2.75, 3.05) is 5.32 Å². The zero-order valence-electron chi connectivity index (χ0n) is 10.1. The number of aryl methyl sites for hydroxylation is 1. The Balaban J connectivity index is 2.06.